The molecule has 376 valence electrons. The molecule has 1 fully saturated rings. The number of hydrogen-bond donors (Lipinski definition) is 7. The Morgan fingerprint density at radius 3 is 1.11 bits per heavy atom. The fourth-order valence-corrected chi connectivity index (χ4v) is 9.60. The van der Waals surface area contributed by atoms with Gasteiger partial charge in [-0.15, -0.1) is 0 Å². The summed E-state index contributed by atoms with van der Waals surface area (Å²) in [5.74, 6) is -0.172. The van der Waals surface area contributed by atoms with Crippen LogP contribution in [0.2, 0.25) is 0 Å². The van der Waals surface area contributed by atoms with Crippen LogP contribution in [0.4, 0.5) is 0 Å². The SMILES string of the molecule is CCCCCCCCCCCCCCCCCCCCCCCCCCCCC(=O)N[C@@H](CC[C@H]1OC(CO)[C@H](O)C(O)[C@@H]1O)[C@H](O)[C@H](O)CCCCCCCCCCCCCC. The maximum atomic E-state index is 13.1. The first-order valence-corrected chi connectivity index (χ1v) is 27.7. The predicted molar refractivity (Wildman–Crippen MR) is 263 cm³/mol. The molecule has 9 nitrogen and oxygen atoms in total. The van der Waals surface area contributed by atoms with Gasteiger partial charge in [-0.1, -0.05) is 251 Å². The number of rotatable bonds is 47. The molecular weight excluding hydrogens is 791 g/mol. The van der Waals surface area contributed by atoms with Gasteiger partial charge < -0.3 is 40.7 Å². The fraction of sp³-hybridized carbons (Fsp3) is 0.981. The summed E-state index contributed by atoms with van der Waals surface area (Å²) in [5, 5.41) is 65.9. The lowest BCUT2D eigenvalue weighted by atomic mass is 9.90. The molecule has 0 saturated carbocycles. The molecule has 9 heteroatoms. The van der Waals surface area contributed by atoms with E-state index >= 15 is 0 Å². The average Bonchev–Trinajstić information content (AvgIpc) is 3.28. The summed E-state index contributed by atoms with van der Waals surface area (Å²) in [6.07, 6.45) is 42.0. The lowest BCUT2D eigenvalue weighted by Crippen LogP contribution is -2.59. The molecule has 1 saturated heterocycles. The molecule has 7 N–H and O–H groups in total. The molecule has 1 amide bonds. The van der Waals surface area contributed by atoms with E-state index in [2.05, 4.69) is 19.2 Å². The van der Waals surface area contributed by atoms with Crippen LogP contribution in [0.15, 0.2) is 0 Å². The molecule has 2 unspecified atom stereocenters. The van der Waals surface area contributed by atoms with Gasteiger partial charge in [0.05, 0.1) is 31.0 Å². The van der Waals surface area contributed by atoms with Crippen LogP contribution in [0.3, 0.4) is 0 Å². The number of carbonyl (C=O) groups is 1. The molecule has 1 aliphatic heterocycles. The normalized spacial score (nSPS) is 20.5. The minimum atomic E-state index is -1.48. The van der Waals surface area contributed by atoms with Crippen LogP contribution in [-0.2, 0) is 9.53 Å². The van der Waals surface area contributed by atoms with Crippen molar-refractivity contribution in [1.82, 2.24) is 5.32 Å². The Balaban J connectivity index is 2.21. The van der Waals surface area contributed by atoms with Crippen molar-refractivity contribution in [2.24, 2.45) is 0 Å². The third-order valence-electron chi connectivity index (χ3n) is 14.0. The van der Waals surface area contributed by atoms with Crippen molar-refractivity contribution in [1.29, 1.82) is 0 Å². The second-order valence-corrected chi connectivity index (χ2v) is 19.9. The molecule has 63 heavy (non-hydrogen) atoms. The van der Waals surface area contributed by atoms with E-state index in [0.29, 0.717) is 12.8 Å². The van der Waals surface area contributed by atoms with Crippen LogP contribution >= 0.6 is 0 Å². The first-order valence-electron chi connectivity index (χ1n) is 27.7. The number of unbranched alkanes of at least 4 members (excludes halogenated alkanes) is 36. The minimum Gasteiger partial charge on any atom is -0.394 e. The molecule has 1 rings (SSSR count). The highest BCUT2D eigenvalue weighted by molar-refractivity contribution is 5.76. The number of aliphatic hydroxyl groups excluding tert-OH is 6. The average molecular weight is 898 g/mol. The number of amides is 1. The van der Waals surface area contributed by atoms with Crippen molar-refractivity contribution in [3.05, 3.63) is 0 Å². The van der Waals surface area contributed by atoms with E-state index in [9.17, 15) is 35.4 Å². The molecule has 0 aromatic carbocycles. The zero-order valence-corrected chi connectivity index (χ0v) is 41.5. The fourth-order valence-electron chi connectivity index (χ4n) is 9.60. The number of nitrogens with one attached hydrogen (secondary N) is 1. The smallest absolute Gasteiger partial charge is 0.220 e. The van der Waals surface area contributed by atoms with Gasteiger partial charge in [0, 0.05) is 6.42 Å². The van der Waals surface area contributed by atoms with E-state index in [1.165, 1.54) is 205 Å². The molecular formula is C54H107NO8. The largest absolute Gasteiger partial charge is 0.394 e. The van der Waals surface area contributed by atoms with E-state index in [1.54, 1.807) is 0 Å². The van der Waals surface area contributed by atoms with E-state index in [-0.39, 0.29) is 18.7 Å². The number of carbonyl (C=O) groups excluding carboxylic acids is 1. The summed E-state index contributed by atoms with van der Waals surface area (Å²) in [6, 6.07) is -0.763. The summed E-state index contributed by atoms with van der Waals surface area (Å²) in [7, 11) is 0. The van der Waals surface area contributed by atoms with Gasteiger partial charge in [0.1, 0.15) is 24.4 Å². The highest BCUT2D eigenvalue weighted by Gasteiger charge is 2.43. The second-order valence-electron chi connectivity index (χ2n) is 19.9. The Morgan fingerprint density at radius 2 is 0.762 bits per heavy atom. The van der Waals surface area contributed by atoms with Crippen molar-refractivity contribution in [2.45, 2.75) is 332 Å². The van der Waals surface area contributed by atoms with Crippen molar-refractivity contribution in [2.75, 3.05) is 6.61 Å². The van der Waals surface area contributed by atoms with E-state index in [0.717, 1.165) is 38.5 Å². The van der Waals surface area contributed by atoms with E-state index < -0.39 is 55.4 Å². The van der Waals surface area contributed by atoms with E-state index in [4.69, 9.17) is 4.74 Å². The van der Waals surface area contributed by atoms with Crippen LogP contribution < -0.4 is 5.32 Å². The monoisotopic (exact) mass is 898 g/mol. The van der Waals surface area contributed by atoms with Crippen LogP contribution in [0.25, 0.3) is 0 Å². The van der Waals surface area contributed by atoms with Crippen molar-refractivity contribution < 1.29 is 40.2 Å². The van der Waals surface area contributed by atoms with Crippen LogP contribution in [0.1, 0.15) is 284 Å². The van der Waals surface area contributed by atoms with Gasteiger partial charge in [0.2, 0.25) is 5.91 Å². The number of ether oxygens (including phenoxy) is 1. The van der Waals surface area contributed by atoms with Gasteiger partial charge in [-0.2, -0.15) is 0 Å². The minimum absolute atomic E-state index is 0.161. The molecule has 1 heterocycles. The molecule has 0 spiro atoms. The predicted octanol–water partition coefficient (Wildman–Crippen LogP) is 12.5. The molecule has 8 atom stereocenters. The van der Waals surface area contributed by atoms with Gasteiger partial charge in [-0.25, -0.2) is 0 Å². The molecule has 0 radical (unpaired) electrons. The van der Waals surface area contributed by atoms with Gasteiger partial charge in [0.25, 0.3) is 0 Å². The zero-order chi connectivity index (χ0) is 46.0. The standard InChI is InChI=1S/C54H107NO8/c1-3-5-7-9-11-13-15-17-18-19-20-21-22-23-24-25-26-27-28-29-30-32-34-36-38-40-42-50(58)55-46(43-44-48-52(60)54(62)53(61)49(45-56)63-48)51(59)47(57)41-39-37-35-33-31-16-14-12-10-8-6-4-2/h46-49,51-54,56-57,59-62H,3-45H2,1-2H3,(H,55,58)/t46-,47+,48+,49?,51-,52+,53-,54?/m0/s1. The lowest BCUT2D eigenvalue weighted by Gasteiger charge is -2.40. The van der Waals surface area contributed by atoms with Crippen molar-refractivity contribution >= 4 is 5.91 Å². The highest BCUT2D eigenvalue weighted by atomic mass is 16.5. The molecule has 0 aliphatic carbocycles. The molecule has 0 aromatic heterocycles. The molecule has 1 aliphatic rings. The lowest BCUT2D eigenvalue weighted by molar-refractivity contribution is -0.231. The van der Waals surface area contributed by atoms with Crippen molar-refractivity contribution in [3.8, 4) is 0 Å². The van der Waals surface area contributed by atoms with Gasteiger partial charge in [-0.3, -0.25) is 4.79 Å². The summed E-state index contributed by atoms with van der Waals surface area (Å²) in [4.78, 5) is 13.1. The first kappa shape index (κ1) is 60.2. The van der Waals surface area contributed by atoms with Gasteiger partial charge in [-0.05, 0) is 25.7 Å². The molecule has 0 aromatic rings. The Morgan fingerprint density at radius 1 is 0.444 bits per heavy atom. The topological polar surface area (TPSA) is 160 Å². The Hall–Kier alpha value is -0.810. The first-order chi connectivity index (χ1) is 30.8. The summed E-state index contributed by atoms with van der Waals surface area (Å²) >= 11 is 0. The summed E-state index contributed by atoms with van der Waals surface area (Å²) < 4.78 is 5.69. The van der Waals surface area contributed by atoms with Gasteiger partial charge >= 0.3 is 0 Å². The maximum absolute atomic E-state index is 13.1. The molecule has 0 bridgehead atoms. The summed E-state index contributed by atoms with van der Waals surface area (Å²) in [5.41, 5.74) is 0. The van der Waals surface area contributed by atoms with E-state index in [1.807, 2.05) is 0 Å². The Labute approximate surface area is 389 Å². The Kier molecular flexibility index (Phi) is 41.8. The zero-order valence-electron chi connectivity index (χ0n) is 41.5. The summed E-state index contributed by atoms with van der Waals surface area (Å²) in [6.45, 7) is 4.02. The maximum Gasteiger partial charge on any atom is 0.220 e. The van der Waals surface area contributed by atoms with Crippen LogP contribution in [0.5, 0.6) is 0 Å². The quantitative estimate of drug-likeness (QED) is 0.0297. The number of hydrogen-bond acceptors (Lipinski definition) is 8. The second kappa shape index (κ2) is 43.7. The number of aliphatic hydroxyl groups is 6. The highest BCUT2D eigenvalue weighted by Crippen LogP contribution is 2.26. The van der Waals surface area contributed by atoms with Gasteiger partial charge in [0.15, 0.2) is 0 Å². The third-order valence-corrected chi connectivity index (χ3v) is 14.0. The van der Waals surface area contributed by atoms with Crippen LogP contribution in [0, 0.1) is 0 Å². The third kappa shape index (κ3) is 33.3. The Bertz CT molecular complexity index is 970. The van der Waals surface area contributed by atoms with Crippen molar-refractivity contribution in [3.63, 3.8) is 0 Å². The van der Waals surface area contributed by atoms with Crippen LogP contribution in [-0.4, -0.2) is 91.9 Å².